The van der Waals surface area contributed by atoms with E-state index in [0.717, 1.165) is 116 Å². The Labute approximate surface area is 385 Å². The lowest BCUT2D eigenvalue weighted by atomic mass is 10.1. The van der Waals surface area contributed by atoms with E-state index in [-0.39, 0.29) is 50.4 Å². The number of rotatable bonds is 42. The van der Waals surface area contributed by atoms with Crippen LogP contribution in [0.2, 0.25) is 0 Å². The van der Waals surface area contributed by atoms with Crippen LogP contribution in [-0.2, 0) is 28.6 Å². The minimum absolute atomic E-state index is 0.130. The van der Waals surface area contributed by atoms with Crippen LogP contribution >= 0.6 is 0 Å². The van der Waals surface area contributed by atoms with Gasteiger partial charge in [-0.25, -0.2) is 0 Å². The van der Waals surface area contributed by atoms with Crippen LogP contribution in [0.15, 0.2) is 134 Å². The lowest BCUT2D eigenvalue weighted by Gasteiger charge is -2.18. The average Bonchev–Trinajstić information content (AvgIpc) is 3.28. The number of esters is 3. The highest BCUT2D eigenvalue weighted by molar-refractivity contribution is 5.71. The number of carbonyl (C=O) groups excluding carboxylic acids is 3. The molecule has 0 radical (unpaired) electrons. The molecule has 352 valence electrons. The monoisotopic (exact) mass is 869 g/mol. The third kappa shape index (κ3) is 48.4. The summed E-state index contributed by atoms with van der Waals surface area (Å²) in [4.78, 5) is 37.9. The first-order valence-electron chi connectivity index (χ1n) is 24.7. The maximum absolute atomic E-state index is 12.8. The number of hydrogen-bond donors (Lipinski definition) is 0. The summed E-state index contributed by atoms with van der Waals surface area (Å²) in [6, 6.07) is 0. The number of allylic oxidation sites excluding steroid dienone is 22. The molecule has 6 nitrogen and oxygen atoms in total. The Morgan fingerprint density at radius 2 is 0.603 bits per heavy atom. The van der Waals surface area contributed by atoms with Crippen molar-refractivity contribution >= 4 is 17.9 Å². The van der Waals surface area contributed by atoms with Gasteiger partial charge >= 0.3 is 17.9 Å². The third-order valence-electron chi connectivity index (χ3n) is 9.64. The molecule has 0 spiro atoms. The minimum Gasteiger partial charge on any atom is -0.462 e. The normalized spacial score (nSPS) is 13.3. The minimum atomic E-state index is -0.832. The molecule has 63 heavy (non-hydrogen) atoms. The first-order chi connectivity index (χ1) is 31.0. The molecule has 0 aliphatic heterocycles. The van der Waals surface area contributed by atoms with E-state index >= 15 is 0 Å². The van der Waals surface area contributed by atoms with Gasteiger partial charge in [0.05, 0.1) is 0 Å². The standard InChI is InChI=1S/C57H88O6/c1-4-7-10-13-16-19-22-25-27-28-29-30-31-33-35-38-41-44-47-50-56(59)62-53-54(52-61-55(58)49-46-43-40-37-34-24-21-18-15-12-9-6-3)63-57(60)51-48-45-42-39-36-32-26-23-20-17-14-11-8-5-2/h7-12,16-21,25,27,29-30,33-35,37,41,44,54H,4-6,13-15,22-24,26,28,31-32,36,38-40,42-43,45-53H2,1-3H3/b10-7-,11-8-,12-9-,19-16-,20-17-,21-18-,27-25-,30-29-,35-33-,37-34-,44-41-. The van der Waals surface area contributed by atoms with Gasteiger partial charge in [-0.3, -0.25) is 14.4 Å². The van der Waals surface area contributed by atoms with Crippen LogP contribution in [0.3, 0.4) is 0 Å². The van der Waals surface area contributed by atoms with E-state index in [4.69, 9.17) is 14.2 Å². The van der Waals surface area contributed by atoms with E-state index in [1.165, 1.54) is 19.3 Å². The molecule has 0 amide bonds. The van der Waals surface area contributed by atoms with Crippen LogP contribution in [0.5, 0.6) is 0 Å². The van der Waals surface area contributed by atoms with E-state index in [0.29, 0.717) is 12.8 Å². The summed E-state index contributed by atoms with van der Waals surface area (Å²) in [6.45, 7) is 6.16. The van der Waals surface area contributed by atoms with E-state index in [2.05, 4.69) is 142 Å². The summed E-state index contributed by atoms with van der Waals surface area (Å²) in [7, 11) is 0. The molecule has 0 saturated heterocycles. The number of hydrogen-bond acceptors (Lipinski definition) is 6. The zero-order chi connectivity index (χ0) is 45.8. The molecule has 0 aromatic rings. The summed E-state index contributed by atoms with van der Waals surface area (Å²) < 4.78 is 16.6. The second-order valence-electron chi connectivity index (χ2n) is 15.6. The largest absolute Gasteiger partial charge is 0.462 e. The van der Waals surface area contributed by atoms with Crippen LogP contribution in [-0.4, -0.2) is 37.2 Å². The molecule has 0 rings (SSSR count). The molecule has 0 heterocycles. The van der Waals surface area contributed by atoms with E-state index in [1.807, 2.05) is 12.2 Å². The van der Waals surface area contributed by atoms with Crippen molar-refractivity contribution in [1.29, 1.82) is 0 Å². The maximum Gasteiger partial charge on any atom is 0.306 e. The Kier molecular flexibility index (Phi) is 46.7. The Morgan fingerprint density at radius 1 is 0.317 bits per heavy atom. The molecule has 0 aromatic carbocycles. The second-order valence-corrected chi connectivity index (χ2v) is 15.6. The van der Waals surface area contributed by atoms with Crippen LogP contribution in [0, 0.1) is 0 Å². The molecule has 0 aliphatic rings. The van der Waals surface area contributed by atoms with E-state index < -0.39 is 6.10 Å². The second kappa shape index (κ2) is 50.2. The molecular weight excluding hydrogens is 781 g/mol. The SMILES string of the molecule is CC/C=C\C/C=C\C/C=C\C/C=C\C/C=C\C/C=C\CCC(=O)OCC(COC(=O)CCCC/C=C\C/C=C\C/C=C\CC)OC(=O)CCCCCCCCC/C=C\C/C=C\CC. The molecule has 0 aromatic heterocycles. The topological polar surface area (TPSA) is 78.9 Å². The van der Waals surface area contributed by atoms with Crippen LogP contribution in [0.25, 0.3) is 0 Å². The fourth-order valence-corrected chi connectivity index (χ4v) is 6.05. The summed E-state index contributed by atoms with van der Waals surface area (Å²) in [5.74, 6) is -1.07. The Balaban J connectivity index is 4.57. The Hall–Kier alpha value is -4.45. The molecule has 0 saturated carbocycles. The van der Waals surface area contributed by atoms with Gasteiger partial charge in [0.15, 0.2) is 6.10 Å². The van der Waals surface area contributed by atoms with Gasteiger partial charge in [0, 0.05) is 19.3 Å². The lowest BCUT2D eigenvalue weighted by Crippen LogP contribution is -2.30. The molecule has 6 heteroatoms. The van der Waals surface area contributed by atoms with E-state index in [1.54, 1.807) is 0 Å². The fraction of sp³-hybridized carbons (Fsp3) is 0.561. The fourth-order valence-electron chi connectivity index (χ4n) is 6.05. The molecule has 1 unspecified atom stereocenters. The van der Waals surface area contributed by atoms with Crippen molar-refractivity contribution < 1.29 is 28.6 Å². The molecular formula is C57H88O6. The zero-order valence-corrected chi connectivity index (χ0v) is 40.0. The highest BCUT2D eigenvalue weighted by atomic mass is 16.6. The zero-order valence-electron chi connectivity index (χ0n) is 40.0. The van der Waals surface area contributed by atoms with Crippen molar-refractivity contribution in [2.24, 2.45) is 0 Å². The maximum atomic E-state index is 12.8. The first-order valence-corrected chi connectivity index (χ1v) is 24.7. The van der Waals surface area contributed by atoms with Crippen molar-refractivity contribution in [3.63, 3.8) is 0 Å². The number of ether oxygens (including phenoxy) is 3. The lowest BCUT2D eigenvalue weighted by molar-refractivity contribution is -0.166. The van der Waals surface area contributed by atoms with Crippen molar-refractivity contribution in [2.75, 3.05) is 13.2 Å². The van der Waals surface area contributed by atoms with Gasteiger partial charge in [0.25, 0.3) is 0 Å². The molecule has 0 bridgehead atoms. The average molecular weight is 869 g/mol. The van der Waals surface area contributed by atoms with Crippen LogP contribution < -0.4 is 0 Å². The van der Waals surface area contributed by atoms with Gasteiger partial charge < -0.3 is 14.2 Å². The highest BCUT2D eigenvalue weighted by Gasteiger charge is 2.19. The van der Waals surface area contributed by atoms with Gasteiger partial charge in [-0.05, 0) is 116 Å². The number of carbonyl (C=O) groups is 3. The first kappa shape index (κ1) is 58.6. The quantitative estimate of drug-likeness (QED) is 0.0263. The third-order valence-corrected chi connectivity index (χ3v) is 9.64. The predicted molar refractivity (Wildman–Crippen MR) is 269 cm³/mol. The van der Waals surface area contributed by atoms with Crippen LogP contribution in [0.1, 0.15) is 188 Å². The predicted octanol–water partition coefficient (Wildman–Crippen LogP) is 16.3. The van der Waals surface area contributed by atoms with Crippen molar-refractivity contribution in [3.05, 3.63) is 134 Å². The van der Waals surface area contributed by atoms with Crippen molar-refractivity contribution in [1.82, 2.24) is 0 Å². The summed E-state index contributed by atoms with van der Waals surface area (Å²) >= 11 is 0. The summed E-state index contributed by atoms with van der Waals surface area (Å²) in [6.07, 6.45) is 70.2. The number of unbranched alkanes of at least 4 members (excludes halogenated alkanes) is 9. The Morgan fingerprint density at radius 3 is 1.02 bits per heavy atom. The highest BCUT2D eigenvalue weighted by Crippen LogP contribution is 2.12. The summed E-state index contributed by atoms with van der Waals surface area (Å²) in [5, 5.41) is 0. The molecule has 0 N–H and O–H groups in total. The smallest absolute Gasteiger partial charge is 0.306 e. The van der Waals surface area contributed by atoms with E-state index in [9.17, 15) is 14.4 Å². The molecule has 0 fully saturated rings. The van der Waals surface area contributed by atoms with Gasteiger partial charge in [-0.1, -0.05) is 187 Å². The van der Waals surface area contributed by atoms with Crippen LogP contribution in [0.4, 0.5) is 0 Å². The summed E-state index contributed by atoms with van der Waals surface area (Å²) in [5.41, 5.74) is 0. The van der Waals surface area contributed by atoms with Gasteiger partial charge in [-0.2, -0.15) is 0 Å². The Bertz CT molecular complexity index is 1420. The molecule has 0 aliphatic carbocycles. The molecule has 1 atom stereocenters. The van der Waals surface area contributed by atoms with Gasteiger partial charge in [0.1, 0.15) is 13.2 Å². The van der Waals surface area contributed by atoms with Gasteiger partial charge in [-0.15, -0.1) is 0 Å². The van der Waals surface area contributed by atoms with Gasteiger partial charge in [0.2, 0.25) is 0 Å². The van der Waals surface area contributed by atoms with Crippen molar-refractivity contribution in [2.45, 2.75) is 194 Å². The van der Waals surface area contributed by atoms with Crippen molar-refractivity contribution in [3.8, 4) is 0 Å².